The molecule has 1 aromatic carbocycles. The summed E-state index contributed by atoms with van der Waals surface area (Å²) in [6.07, 6.45) is 1.58. The number of fused-ring (bicyclic) bond motifs is 1. The number of benzene rings is 1. The second kappa shape index (κ2) is 4.46. The first kappa shape index (κ1) is 12.1. The number of nitrogens with two attached hydrogens (primary N) is 1. The lowest BCUT2D eigenvalue weighted by Crippen LogP contribution is -2.16. The number of aromatic nitrogens is 2. The fraction of sp³-hybridized carbons (Fsp3) is 0.364. The lowest BCUT2D eigenvalue weighted by atomic mass is 10.2. The summed E-state index contributed by atoms with van der Waals surface area (Å²) in [7, 11) is -2.98. The van der Waals surface area contributed by atoms with E-state index in [-0.39, 0.29) is 11.8 Å². The molecule has 3 N–H and O–H groups in total. The van der Waals surface area contributed by atoms with Gasteiger partial charge in [-0.3, -0.25) is 0 Å². The summed E-state index contributed by atoms with van der Waals surface area (Å²) in [6.45, 7) is 0. The molecule has 0 saturated carbocycles. The first-order valence-electron chi connectivity index (χ1n) is 5.34. The molecule has 2 aromatic rings. The van der Waals surface area contributed by atoms with E-state index < -0.39 is 9.84 Å². The second-order valence-corrected chi connectivity index (χ2v) is 6.42. The third-order valence-electron chi connectivity index (χ3n) is 2.56. The van der Waals surface area contributed by atoms with Crippen molar-refractivity contribution in [3.05, 3.63) is 30.1 Å². The Labute approximate surface area is 100.0 Å². The van der Waals surface area contributed by atoms with Crippen LogP contribution in [-0.2, 0) is 9.84 Å². The van der Waals surface area contributed by atoms with E-state index in [1.165, 1.54) is 6.26 Å². The number of imidazole rings is 1. The van der Waals surface area contributed by atoms with Gasteiger partial charge in [0.25, 0.3) is 0 Å². The van der Waals surface area contributed by atoms with Gasteiger partial charge in [0, 0.05) is 6.26 Å². The molecule has 6 heteroatoms. The van der Waals surface area contributed by atoms with Crippen LogP contribution in [0.1, 0.15) is 18.3 Å². The highest BCUT2D eigenvalue weighted by Gasteiger charge is 2.13. The van der Waals surface area contributed by atoms with E-state index >= 15 is 0 Å². The van der Waals surface area contributed by atoms with Gasteiger partial charge in [-0.25, -0.2) is 13.4 Å². The SMILES string of the molecule is CS(=O)(=O)CCC(N)c1nc2ccccc2[nH]1. The predicted molar refractivity (Wildman–Crippen MR) is 67.3 cm³/mol. The number of sulfone groups is 1. The third kappa shape index (κ3) is 3.04. The molecule has 0 saturated heterocycles. The zero-order chi connectivity index (χ0) is 12.5. The van der Waals surface area contributed by atoms with Crippen LogP contribution in [-0.4, -0.2) is 30.4 Å². The van der Waals surface area contributed by atoms with E-state index in [1.807, 2.05) is 24.3 Å². The summed E-state index contributed by atoms with van der Waals surface area (Å²) in [6, 6.07) is 7.23. The van der Waals surface area contributed by atoms with Crippen molar-refractivity contribution >= 4 is 20.9 Å². The summed E-state index contributed by atoms with van der Waals surface area (Å²) < 4.78 is 22.1. The highest BCUT2D eigenvalue weighted by molar-refractivity contribution is 7.90. The molecular weight excluding hydrogens is 238 g/mol. The number of rotatable bonds is 4. The van der Waals surface area contributed by atoms with E-state index in [2.05, 4.69) is 9.97 Å². The van der Waals surface area contributed by atoms with Gasteiger partial charge >= 0.3 is 0 Å². The van der Waals surface area contributed by atoms with E-state index in [4.69, 9.17) is 5.73 Å². The number of para-hydroxylation sites is 2. The van der Waals surface area contributed by atoms with Crippen molar-refractivity contribution in [1.29, 1.82) is 0 Å². The monoisotopic (exact) mass is 253 g/mol. The summed E-state index contributed by atoms with van der Waals surface area (Å²) >= 11 is 0. The Morgan fingerprint density at radius 2 is 2.12 bits per heavy atom. The molecule has 0 aliphatic rings. The topological polar surface area (TPSA) is 88.8 Å². The summed E-state index contributed by atoms with van der Waals surface area (Å²) in [5, 5.41) is 0. The minimum Gasteiger partial charge on any atom is -0.341 e. The Kier molecular flexibility index (Phi) is 3.17. The predicted octanol–water partition coefficient (Wildman–Crippen LogP) is 0.997. The van der Waals surface area contributed by atoms with Gasteiger partial charge in [-0.15, -0.1) is 0 Å². The van der Waals surface area contributed by atoms with Crippen molar-refractivity contribution in [2.75, 3.05) is 12.0 Å². The van der Waals surface area contributed by atoms with E-state index in [1.54, 1.807) is 0 Å². The minimum absolute atomic E-state index is 0.0746. The molecule has 0 fully saturated rings. The summed E-state index contributed by atoms with van der Waals surface area (Å²) in [5.41, 5.74) is 7.67. The Morgan fingerprint density at radius 3 is 2.76 bits per heavy atom. The average Bonchev–Trinajstić information content (AvgIpc) is 2.68. The molecule has 1 aromatic heterocycles. The number of nitrogens with zero attached hydrogens (tertiary/aromatic N) is 1. The number of hydrogen-bond acceptors (Lipinski definition) is 4. The maximum atomic E-state index is 11.1. The van der Waals surface area contributed by atoms with Gasteiger partial charge in [-0.1, -0.05) is 12.1 Å². The van der Waals surface area contributed by atoms with Gasteiger partial charge in [0.2, 0.25) is 0 Å². The molecule has 0 bridgehead atoms. The fourth-order valence-corrected chi connectivity index (χ4v) is 2.31. The minimum atomic E-state index is -2.98. The van der Waals surface area contributed by atoms with Crippen molar-refractivity contribution in [3.8, 4) is 0 Å². The Bertz CT molecular complexity index is 585. The number of H-pyrrole nitrogens is 1. The van der Waals surface area contributed by atoms with Gasteiger partial charge < -0.3 is 10.7 Å². The highest BCUT2D eigenvalue weighted by Crippen LogP contribution is 2.16. The van der Waals surface area contributed by atoms with Crippen LogP contribution in [0.25, 0.3) is 11.0 Å². The van der Waals surface area contributed by atoms with Crippen LogP contribution >= 0.6 is 0 Å². The largest absolute Gasteiger partial charge is 0.341 e. The Morgan fingerprint density at radius 1 is 1.41 bits per heavy atom. The Hall–Kier alpha value is -1.40. The molecule has 1 heterocycles. The van der Waals surface area contributed by atoms with Gasteiger partial charge in [0.15, 0.2) is 0 Å². The quantitative estimate of drug-likeness (QED) is 0.850. The zero-order valence-corrected chi connectivity index (χ0v) is 10.4. The normalized spacial score (nSPS) is 14.0. The molecule has 5 nitrogen and oxygen atoms in total. The Balaban J connectivity index is 2.16. The van der Waals surface area contributed by atoms with Crippen molar-refractivity contribution in [3.63, 3.8) is 0 Å². The highest BCUT2D eigenvalue weighted by atomic mass is 32.2. The smallest absolute Gasteiger partial charge is 0.147 e. The first-order chi connectivity index (χ1) is 7.96. The number of nitrogens with one attached hydrogen (secondary N) is 1. The fourth-order valence-electron chi connectivity index (χ4n) is 1.63. The molecule has 2 rings (SSSR count). The standard InChI is InChI=1S/C11H15N3O2S/c1-17(15,16)7-6-8(12)11-13-9-4-2-3-5-10(9)14-11/h2-5,8H,6-7,12H2,1H3,(H,13,14). The van der Waals surface area contributed by atoms with Crippen LogP contribution in [0, 0.1) is 0 Å². The second-order valence-electron chi connectivity index (χ2n) is 4.16. The summed E-state index contributed by atoms with van der Waals surface area (Å²) in [5.74, 6) is 0.709. The van der Waals surface area contributed by atoms with Crippen LogP contribution < -0.4 is 5.73 Å². The van der Waals surface area contributed by atoms with Crippen LogP contribution in [0.2, 0.25) is 0 Å². The molecule has 0 spiro atoms. The molecule has 0 amide bonds. The van der Waals surface area contributed by atoms with E-state index in [0.29, 0.717) is 12.2 Å². The van der Waals surface area contributed by atoms with Gasteiger partial charge in [-0.05, 0) is 18.6 Å². The number of aromatic amines is 1. The van der Waals surface area contributed by atoms with Gasteiger partial charge in [0.05, 0.1) is 22.8 Å². The van der Waals surface area contributed by atoms with E-state index in [9.17, 15) is 8.42 Å². The van der Waals surface area contributed by atoms with Crippen LogP contribution in [0.15, 0.2) is 24.3 Å². The first-order valence-corrected chi connectivity index (χ1v) is 7.40. The molecule has 0 aliphatic carbocycles. The van der Waals surface area contributed by atoms with Crippen LogP contribution in [0.4, 0.5) is 0 Å². The molecular formula is C11H15N3O2S. The van der Waals surface area contributed by atoms with Crippen LogP contribution in [0.3, 0.4) is 0 Å². The third-order valence-corrected chi connectivity index (χ3v) is 3.54. The van der Waals surface area contributed by atoms with Gasteiger partial charge in [-0.2, -0.15) is 0 Å². The average molecular weight is 253 g/mol. The van der Waals surface area contributed by atoms with Crippen LogP contribution in [0.5, 0.6) is 0 Å². The summed E-state index contributed by atoms with van der Waals surface area (Å²) in [4.78, 5) is 7.44. The van der Waals surface area contributed by atoms with Crippen molar-refractivity contribution in [2.24, 2.45) is 5.73 Å². The van der Waals surface area contributed by atoms with Crippen molar-refractivity contribution < 1.29 is 8.42 Å². The zero-order valence-electron chi connectivity index (χ0n) is 9.55. The van der Waals surface area contributed by atoms with E-state index in [0.717, 1.165) is 11.0 Å². The molecule has 1 atom stereocenters. The molecule has 1 unspecified atom stereocenters. The van der Waals surface area contributed by atoms with Crippen molar-refractivity contribution in [1.82, 2.24) is 9.97 Å². The maximum absolute atomic E-state index is 11.1. The molecule has 0 radical (unpaired) electrons. The number of hydrogen-bond donors (Lipinski definition) is 2. The maximum Gasteiger partial charge on any atom is 0.147 e. The van der Waals surface area contributed by atoms with Gasteiger partial charge in [0.1, 0.15) is 15.7 Å². The molecule has 0 aliphatic heterocycles. The van der Waals surface area contributed by atoms with Crippen molar-refractivity contribution in [2.45, 2.75) is 12.5 Å². The molecule has 92 valence electrons. The molecule has 17 heavy (non-hydrogen) atoms. The lowest BCUT2D eigenvalue weighted by molar-refractivity contribution is 0.588. The lowest BCUT2D eigenvalue weighted by Gasteiger charge is -2.06.